The minimum Gasteiger partial charge on any atom is -0.454 e. The molecule has 1 aromatic heterocycles. The summed E-state index contributed by atoms with van der Waals surface area (Å²) in [5, 5.41) is 0. The molecule has 0 aliphatic carbocycles. The molecule has 4 rings (SSSR count). The van der Waals surface area contributed by atoms with Crippen molar-refractivity contribution in [3.05, 3.63) is 53.9 Å². The number of aromatic nitrogens is 2. The number of nitrogens with zero attached hydrogens (tertiary/aromatic N) is 5. The van der Waals surface area contributed by atoms with Gasteiger partial charge >= 0.3 is 5.97 Å². The van der Waals surface area contributed by atoms with Gasteiger partial charge in [0.05, 0.1) is 11.1 Å². The molecule has 1 atom stereocenters. The van der Waals surface area contributed by atoms with Crippen molar-refractivity contribution < 1.29 is 23.9 Å². The summed E-state index contributed by atoms with van der Waals surface area (Å²) >= 11 is 1.49. The molecule has 0 saturated carbocycles. The Hall–Kier alpha value is -3.47. The number of amides is 3. The van der Waals surface area contributed by atoms with Crippen LogP contribution in [0.4, 0.5) is 5.95 Å². The molecule has 1 fully saturated rings. The van der Waals surface area contributed by atoms with Crippen molar-refractivity contribution >= 4 is 41.4 Å². The number of piperazine rings is 1. The summed E-state index contributed by atoms with van der Waals surface area (Å²) in [6.07, 6.45) is 5.45. The van der Waals surface area contributed by atoms with Crippen molar-refractivity contribution in [2.75, 3.05) is 49.7 Å². The number of rotatable bonds is 8. The van der Waals surface area contributed by atoms with Crippen LogP contribution in [0.15, 0.2) is 42.7 Å². The normalized spacial score (nSPS) is 16.4. The Morgan fingerprint density at radius 2 is 1.62 bits per heavy atom. The lowest BCUT2D eigenvalue weighted by Crippen LogP contribution is -2.51. The van der Waals surface area contributed by atoms with E-state index in [1.807, 2.05) is 11.2 Å². The van der Waals surface area contributed by atoms with E-state index in [9.17, 15) is 19.2 Å². The fraction of sp³-hybridized carbons (Fsp3) is 0.391. The van der Waals surface area contributed by atoms with E-state index in [1.54, 1.807) is 47.6 Å². The Balaban J connectivity index is 1.35. The van der Waals surface area contributed by atoms with Gasteiger partial charge in [-0.05, 0) is 36.6 Å². The monoisotopic (exact) mass is 483 g/mol. The van der Waals surface area contributed by atoms with Gasteiger partial charge < -0.3 is 14.5 Å². The van der Waals surface area contributed by atoms with E-state index in [0.717, 1.165) is 4.90 Å². The molecule has 10 nitrogen and oxygen atoms in total. The van der Waals surface area contributed by atoms with Crippen LogP contribution in [0.25, 0.3) is 0 Å². The van der Waals surface area contributed by atoms with Crippen molar-refractivity contribution in [3.8, 4) is 0 Å². The summed E-state index contributed by atoms with van der Waals surface area (Å²) in [7, 11) is 0. The number of carbonyl (C=O) groups excluding carboxylic acids is 4. The van der Waals surface area contributed by atoms with Gasteiger partial charge in [0, 0.05) is 38.6 Å². The van der Waals surface area contributed by atoms with Gasteiger partial charge in [0.25, 0.3) is 17.7 Å². The maximum absolute atomic E-state index is 12.9. The molecule has 2 aromatic rings. The highest BCUT2D eigenvalue weighted by Crippen LogP contribution is 2.26. The van der Waals surface area contributed by atoms with Crippen molar-refractivity contribution in [2.45, 2.75) is 12.5 Å². The van der Waals surface area contributed by atoms with E-state index in [1.165, 1.54) is 11.8 Å². The first-order valence-electron chi connectivity index (χ1n) is 10.9. The van der Waals surface area contributed by atoms with E-state index < -0.39 is 30.4 Å². The van der Waals surface area contributed by atoms with Crippen LogP contribution in [-0.2, 0) is 14.3 Å². The molecule has 178 valence electrons. The molecule has 1 saturated heterocycles. The summed E-state index contributed by atoms with van der Waals surface area (Å²) in [5.41, 5.74) is 0.539. The molecule has 0 bridgehead atoms. The van der Waals surface area contributed by atoms with Gasteiger partial charge in [0.1, 0.15) is 6.04 Å². The summed E-state index contributed by atoms with van der Waals surface area (Å²) < 4.78 is 5.31. The second kappa shape index (κ2) is 10.6. The molecule has 3 heterocycles. The Kier molecular flexibility index (Phi) is 7.41. The Labute approximate surface area is 201 Å². The quantitative estimate of drug-likeness (QED) is 0.402. The van der Waals surface area contributed by atoms with Gasteiger partial charge in [0.15, 0.2) is 6.61 Å². The number of benzene rings is 1. The van der Waals surface area contributed by atoms with E-state index in [4.69, 9.17) is 4.74 Å². The fourth-order valence-electron chi connectivity index (χ4n) is 4.00. The molecule has 2 aliphatic rings. The van der Waals surface area contributed by atoms with Gasteiger partial charge in [-0.3, -0.25) is 19.3 Å². The first-order chi connectivity index (χ1) is 16.5. The van der Waals surface area contributed by atoms with Crippen LogP contribution in [-0.4, -0.2) is 94.3 Å². The number of ether oxygens (including phenoxy) is 1. The molecular weight excluding hydrogens is 458 g/mol. The average Bonchev–Trinajstić information content (AvgIpc) is 3.13. The summed E-state index contributed by atoms with van der Waals surface area (Å²) in [6.45, 7) is 1.58. The van der Waals surface area contributed by atoms with Crippen molar-refractivity contribution in [1.82, 2.24) is 19.8 Å². The number of anilines is 1. The van der Waals surface area contributed by atoms with Crippen molar-refractivity contribution in [2.24, 2.45) is 0 Å². The molecule has 3 amide bonds. The van der Waals surface area contributed by atoms with Crippen LogP contribution in [0.5, 0.6) is 0 Å². The Morgan fingerprint density at radius 1 is 1.00 bits per heavy atom. The smallest absolute Gasteiger partial charge is 0.329 e. The van der Waals surface area contributed by atoms with E-state index >= 15 is 0 Å². The summed E-state index contributed by atoms with van der Waals surface area (Å²) in [6, 6.07) is 7.13. The molecule has 0 unspecified atom stereocenters. The zero-order valence-corrected chi connectivity index (χ0v) is 19.6. The van der Waals surface area contributed by atoms with Gasteiger partial charge in [-0.2, -0.15) is 11.8 Å². The Morgan fingerprint density at radius 3 is 2.21 bits per heavy atom. The largest absolute Gasteiger partial charge is 0.454 e. The van der Waals surface area contributed by atoms with Crippen LogP contribution in [0.1, 0.15) is 27.1 Å². The number of imide groups is 1. The average molecular weight is 484 g/mol. The SMILES string of the molecule is CSCC[C@H](C(=O)OCC(=O)N1CCN(c2ncccn2)CC1)N1C(=O)c2ccccc2C1=O. The number of hydrogen-bond acceptors (Lipinski definition) is 9. The third-order valence-corrected chi connectivity index (χ3v) is 6.45. The first kappa shape index (κ1) is 23.7. The van der Waals surface area contributed by atoms with Crippen LogP contribution in [0, 0.1) is 0 Å². The molecule has 11 heteroatoms. The zero-order valence-electron chi connectivity index (χ0n) is 18.8. The number of hydrogen-bond donors (Lipinski definition) is 0. The van der Waals surface area contributed by atoms with E-state index in [-0.39, 0.29) is 23.5 Å². The molecule has 2 aliphatic heterocycles. The highest BCUT2D eigenvalue weighted by molar-refractivity contribution is 7.98. The summed E-state index contributed by atoms with van der Waals surface area (Å²) in [5.74, 6) is -0.965. The van der Waals surface area contributed by atoms with Gasteiger partial charge in [-0.15, -0.1) is 0 Å². The number of esters is 1. The van der Waals surface area contributed by atoms with Crippen LogP contribution in [0.3, 0.4) is 0 Å². The molecule has 1 aromatic carbocycles. The Bertz CT molecular complexity index is 1040. The minimum absolute atomic E-state index is 0.245. The highest BCUT2D eigenvalue weighted by atomic mass is 32.2. The van der Waals surface area contributed by atoms with E-state index in [0.29, 0.717) is 37.9 Å². The van der Waals surface area contributed by atoms with Gasteiger partial charge in [-0.25, -0.2) is 14.8 Å². The molecule has 0 radical (unpaired) electrons. The number of thioether (sulfide) groups is 1. The maximum atomic E-state index is 12.9. The minimum atomic E-state index is -1.08. The second-order valence-electron chi connectivity index (χ2n) is 7.85. The molecule has 0 spiro atoms. The number of fused-ring (bicyclic) bond motifs is 1. The third kappa shape index (κ3) is 4.89. The lowest BCUT2D eigenvalue weighted by atomic mass is 10.1. The highest BCUT2D eigenvalue weighted by Gasteiger charge is 2.43. The third-order valence-electron chi connectivity index (χ3n) is 5.81. The predicted octanol–water partition coefficient (Wildman–Crippen LogP) is 1.09. The summed E-state index contributed by atoms with van der Waals surface area (Å²) in [4.78, 5) is 64.3. The van der Waals surface area contributed by atoms with Crippen molar-refractivity contribution in [3.63, 3.8) is 0 Å². The first-order valence-corrected chi connectivity index (χ1v) is 12.3. The van der Waals surface area contributed by atoms with E-state index in [2.05, 4.69) is 9.97 Å². The maximum Gasteiger partial charge on any atom is 0.329 e. The predicted molar refractivity (Wildman–Crippen MR) is 126 cm³/mol. The van der Waals surface area contributed by atoms with Gasteiger partial charge in [0.2, 0.25) is 5.95 Å². The fourth-order valence-corrected chi connectivity index (χ4v) is 4.46. The lowest BCUT2D eigenvalue weighted by Gasteiger charge is -2.34. The topological polar surface area (TPSA) is 113 Å². The van der Waals surface area contributed by atoms with Crippen LogP contribution >= 0.6 is 11.8 Å². The second-order valence-corrected chi connectivity index (χ2v) is 8.83. The lowest BCUT2D eigenvalue weighted by molar-refractivity contribution is -0.155. The standard InChI is InChI=1S/C23H25N5O5S/c1-34-14-7-18(28-20(30)16-5-2-3-6-17(16)21(28)31)22(32)33-15-19(29)26-10-12-27(13-11-26)23-24-8-4-9-25-23/h2-6,8-9,18H,7,10-15H2,1H3/t18-/m1/s1. The van der Waals surface area contributed by atoms with Crippen molar-refractivity contribution in [1.29, 1.82) is 0 Å². The molecule has 0 N–H and O–H groups in total. The van der Waals surface area contributed by atoms with Crippen LogP contribution < -0.4 is 4.90 Å². The van der Waals surface area contributed by atoms with Crippen LogP contribution in [0.2, 0.25) is 0 Å². The molecular formula is C23H25N5O5S. The zero-order chi connectivity index (χ0) is 24.1. The number of carbonyl (C=O) groups is 4. The molecule has 34 heavy (non-hydrogen) atoms. The van der Waals surface area contributed by atoms with Gasteiger partial charge in [-0.1, -0.05) is 12.1 Å².